The van der Waals surface area contributed by atoms with E-state index >= 15 is 0 Å². The molecule has 1 rings (SSSR count). The number of Topliss-reactive ketones (excluding diaryl/α,β-unsaturated/α-hetero) is 1. The molecule has 0 fully saturated rings. The number of aliphatic carboxylic acids is 1. The molecule has 0 saturated carbocycles. The van der Waals surface area contributed by atoms with Gasteiger partial charge in [0.05, 0.1) is 11.5 Å². The molecule has 0 aromatic heterocycles. The topological polar surface area (TPSA) is 173 Å². The second-order valence-electron chi connectivity index (χ2n) is 9.89. The van der Waals surface area contributed by atoms with E-state index in [0.717, 1.165) is 5.56 Å². The van der Waals surface area contributed by atoms with E-state index in [1.807, 2.05) is 30.3 Å². The third kappa shape index (κ3) is 6.53. The Kier molecular flexibility index (Phi) is 11.2. The number of ketones is 1. The van der Waals surface area contributed by atoms with Gasteiger partial charge in [0.2, 0.25) is 11.1 Å². The van der Waals surface area contributed by atoms with Crippen molar-refractivity contribution in [3.8, 4) is 0 Å². The number of nitrogens with one attached hydrogen (secondary N) is 1. The average Bonchev–Trinajstić information content (AvgIpc) is 2.81. The van der Waals surface area contributed by atoms with Gasteiger partial charge in [0.15, 0.2) is 5.78 Å². The Morgan fingerprint density at radius 2 is 1.71 bits per heavy atom. The largest absolute Gasteiger partial charge is 0.480 e. The molecule has 5 unspecified atom stereocenters. The summed E-state index contributed by atoms with van der Waals surface area (Å²) in [5, 5.41) is 21.5. The van der Waals surface area contributed by atoms with E-state index in [1.54, 1.807) is 20.8 Å². The molecule has 0 aliphatic rings. The number of hydrogen-bond acceptors (Lipinski definition) is 7. The highest BCUT2D eigenvalue weighted by Crippen LogP contribution is 2.53. The van der Waals surface area contributed by atoms with Crippen LogP contribution in [0.4, 0.5) is 0 Å². The minimum atomic E-state index is -2.15. The van der Waals surface area contributed by atoms with Crippen molar-refractivity contribution in [2.45, 2.75) is 95.6 Å². The van der Waals surface area contributed by atoms with Gasteiger partial charge in [0.1, 0.15) is 11.6 Å². The second-order valence-corrected chi connectivity index (χ2v) is 11.1. The Morgan fingerprint density at radius 1 is 1.14 bits per heavy atom. The zero-order valence-electron chi connectivity index (χ0n) is 21.3. The van der Waals surface area contributed by atoms with Gasteiger partial charge in [0, 0.05) is 12.5 Å². The lowest BCUT2D eigenvalue weighted by atomic mass is 9.56. The Balaban J connectivity index is 3.57. The maximum atomic E-state index is 13.6. The number of carboxylic acid groups (broad SMARTS) is 1. The van der Waals surface area contributed by atoms with Crippen LogP contribution in [0.3, 0.4) is 0 Å². The molecule has 1 amide bonds. The molecular formula is C25H41N3O6P+. The van der Waals surface area contributed by atoms with Gasteiger partial charge < -0.3 is 27.0 Å². The molecule has 0 heterocycles. The van der Waals surface area contributed by atoms with Crippen LogP contribution in [0.1, 0.15) is 65.9 Å². The van der Waals surface area contributed by atoms with E-state index < -0.39 is 60.8 Å². The molecule has 0 radical (unpaired) electrons. The van der Waals surface area contributed by atoms with Crippen LogP contribution in [-0.4, -0.2) is 56.8 Å². The van der Waals surface area contributed by atoms with Crippen LogP contribution in [0.5, 0.6) is 0 Å². The van der Waals surface area contributed by atoms with Gasteiger partial charge in [-0.15, -0.1) is 0 Å². The van der Waals surface area contributed by atoms with Gasteiger partial charge in [-0.2, -0.15) is 0 Å². The number of hydrogen-bond donors (Lipinski definition) is 5. The summed E-state index contributed by atoms with van der Waals surface area (Å²) in [6, 6.07) is 7.70. The summed E-state index contributed by atoms with van der Waals surface area (Å²) in [7, 11) is -1.26. The summed E-state index contributed by atoms with van der Waals surface area (Å²) in [6.45, 7) is 7.89. The minimum Gasteiger partial charge on any atom is -0.480 e. The monoisotopic (exact) mass is 510 g/mol. The lowest BCUT2D eigenvalue weighted by Crippen LogP contribution is -2.76. The second kappa shape index (κ2) is 12.7. The molecule has 35 heavy (non-hydrogen) atoms. The van der Waals surface area contributed by atoms with Crippen LogP contribution in [-0.2, 0) is 25.4 Å². The summed E-state index contributed by atoms with van der Waals surface area (Å²) in [4.78, 5) is 38.8. The zero-order chi connectivity index (χ0) is 27.0. The molecule has 6 atom stereocenters. The van der Waals surface area contributed by atoms with Crippen LogP contribution < -0.4 is 16.8 Å². The number of benzene rings is 1. The zero-order valence-corrected chi connectivity index (χ0v) is 22.3. The lowest BCUT2D eigenvalue weighted by Gasteiger charge is -2.51. The summed E-state index contributed by atoms with van der Waals surface area (Å²) in [5.74, 6) is -2.55. The normalized spacial score (nSPS) is 18.7. The Hall–Kier alpha value is -2.19. The third-order valence-electron chi connectivity index (χ3n) is 7.14. The first-order chi connectivity index (χ1) is 16.2. The highest BCUT2D eigenvalue weighted by Gasteiger charge is 2.70. The fourth-order valence-corrected chi connectivity index (χ4v) is 5.39. The smallest absolute Gasteiger partial charge is 0.339 e. The van der Waals surface area contributed by atoms with E-state index in [0.29, 0.717) is 12.8 Å². The summed E-state index contributed by atoms with van der Waals surface area (Å²) >= 11 is 0. The first-order valence-corrected chi connectivity index (χ1v) is 12.8. The quantitative estimate of drug-likeness (QED) is 0.223. The third-order valence-corrected chi connectivity index (χ3v) is 8.38. The molecule has 9 nitrogen and oxygen atoms in total. The van der Waals surface area contributed by atoms with Crippen LogP contribution in [0.25, 0.3) is 0 Å². The predicted octanol–water partition coefficient (Wildman–Crippen LogP) is 2.16. The first kappa shape index (κ1) is 30.8. The molecule has 0 spiro atoms. The molecule has 10 heteroatoms. The SMILES string of the molecule is CCC(O)C(N)(C(=O)NC(C)C)C(C)(C[C@H](N)C(=O)O)C(C)([PH+]=O)C(=O)CCCc1ccccc1. The number of rotatable bonds is 15. The number of amides is 1. The van der Waals surface area contributed by atoms with Crippen molar-refractivity contribution in [1.29, 1.82) is 0 Å². The van der Waals surface area contributed by atoms with Gasteiger partial charge >= 0.3 is 14.4 Å². The van der Waals surface area contributed by atoms with E-state index in [9.17, 15) is 29.2 Å². The molecule has 7 N–H and O–H groups in total. The molecule has 1 aromatic carbocycles. The number of aliphatic hydroxyl groups excluding tert-OH is 1. The minimum absolute atomic E-state index is 0.0304. The number of aliphatic hydroxyl groups is 1. The van der Waals surface area contributed by atoms with Gasteiger partial charge in [-0.05, 0) is 52.0 Å². The maximum absolute atomic E-state index is 13.6. The number of carbonyl (C=O) groups excluding carboxylic acids is 2. The highest BCUT2D eigenvalue weighted by molar-refractivity contribution is 7.28. The van der Waals surface area contributed by atoms with E-state index in [1.165, 1.54) is 13.8 Å². The van der Waals surface area contributed by atoms with Crippen LogP contribution >= 0.6 is 8.46 Å². The molecule has 1 aromatic rings. The average molecular weight is 511 g/mol. The number of carboxylic acids is 1. The van der Waals surface area contributed by atoms with Gasteiger partial charge in [0.25, 0.3) is 0 Å². The van der Waals surface area contributed by atoms with Gasteiger partial charge in [-0.25, -0.2) is 0 Å². The Labute approximate surface area is 209 Å². The van der Waals surface area contributed by atoms with Crippen molar-refractivity contribution < 1.29 is 29.2 Å². The van der Waals surface area contributed by atoms with E-state index in [2.05, 4.69) is 5.32 Å². The summed E-state index contributed by atoms with van der Waals surface area (Å²) in [5.41, 5.74) is 9.70. The fourth-order valence-electron chi connectivity index (χ4n) is 4.61. The molecule has 0 aliphatic carbocycles. The van der Waals surface area contributed by atoms with Crippen LogP contribution in [0.15, 0.2) is 30.3 Å². The van der Waals surface area contributed by atoms with Crippen molar-refractivity contribution in [2.24, 2.45) is 16.9 Å². The van der Waals surface area contributed by atoms with E-state index in [4.69, 9.17) is 11.5 Å². The van der Waals surface area contributed by atoms with Crippen molar-refractivity contribution in [3.63, 3.8) is 0 Å². The Morgan fingerprint density at radius 3 is 2.17 bits per heavy atom. The predicted molar refractivity (Wildman–Crippen MR) is 137 cm³/mol. The van der Waals surface area contributed by atoms with Crippen LogP contribution in [0.2, 0.25) is 0 Å². The van der Waals surface area contributed by atoms with E-state index in [-0.39, 0.29) is 18.9 Å². The van der Waals surface area contributed by atoms with Gasteiger partial charge in [-0.3, -0.25) is 14.4 Å². The number of aryl methyl sites for hydroxylation is 1. The lowest BCUT2D eigenvalue weighted by molar-refractivity contribution is -0.149. The number of nitrogens with two attached hydrogens (primary N) is 2. The maximum Gasteiger partial charge on any atom is 0.339 e. The summed E-state index contributed by atoms with van der Waals surface area (Å²) < 4.78 is 12.8. The van der Waals surface area contributed by atoms with Gasteiger partial charge in [-0.1, -0.05) is 48.7 Å². The van der Waals surface area contributed by atoms with Crippen molar-refractivity contribution in [3.05, 3.63) is 35.9 Å². The highest BCUT2D eigenvalue weighted by atomic mass is 31.1. The molecule has 196 valence electrons. The molecule has 0 aliphatic heterocycles. The standard InChI is InChI=1S/C25H40N3O6P/c1-6-19(29)25(27,22(33)28-16(2)3)23(4,15-18(26)21(31)32)24(5,35-34)20(30)14-10-13-17-11-8-7-9-12-17/h7-9,11-12,16,18-19,29H,6,10,13-15,26-27H2,1-5H3,(H,28,33)(H,31,32)/p+1/t18-,19?,23?,24?,25?/m0/s1. The Bertz CT molecular complexity index is 898. The number of carbonyl (C=O) groups is 3. The van der Waals surface area contributed by atoms with Crippen LogP contribution in [0, 0.1) is 5.41 Å². The first-order valence-electron chi connectivity index (χ1n) is 11.9. The summed E-state index contributed by atoms with van der Waals surface area (Å²) in [6.07, 6.45) is -0.772. The fraction of sp³-hybridized carbons (Fsp3) is 0.640. The molecule has 0 saturated heterocycles. The molecular weight excluding hydrogens is 469 g/mol. The van der Waals surface area contributed by atoms with Crippen molar-refractivity contribution in [2.75, 3.05) is 0 Å². The van der Waals surface area contributed by atoms with Crippen molar-refractivity contribution in [1.82, 2.24) is 5.32 Å². The molecule has 0 bridgehead atoms. The van der Waals surface area contributed by atoms with Crippen molar-refractivity contribution >= 4 is 26.1 Å².